The van der Waals surface area contributed by atoms with E-state index in [1.165, 1.54) is 16.4 Å². The minimum absolute atomic E-state index is 0.227. The SMILES string of the molecule is CCCOc1ccc(C(=O)Nc2ccc(S(=O)(=O)N3CCN(C)CC3)cc2)cc1Br. The van der Waals surface area contributed by atoms with Gasteiger partial charge in [0.15, 0.2) is 0 Å². The molecule has 0 atom stereocenters. The average molecular weight is 496 g/mol. The van der Waals surface area contributed by atoms with Gasteiger partial charge in [-0.25, -0.2) is 8.42 Å². The highest BCUT2D eigenvalue weighted by molar-refractivity contribution is 9.10. The summed E-state index contributed by atoms with van der Waals surface area (Å²) >= 11 is 3.42. The van der Waals surface area contributed by atoms with Crippen molar-refractivity contribution >= 4 is 37.5 Å². The molecule has 162 valence electrons. The lowest BCUT2D eigenvalue weighted by atomic mass is 10.2. The Morgan fingerprint density at radius 2 is 1.77 bits per heavy atom. The molecule has 0 saturated carbocycles. The highest BCUT2D eigenvalue weighted by Crippen LogP contribution is 2.27. The smallest absolute Gasteiger partial charge is 0.255 e. The Balaban J connectivity index is 1.67. The number of likely N-dealkylation sites (N-methyl/N-ethyl adjacent to an activating group) is 1. The predicted octanol–water partition coefficient (Wildman–Crippen LogP) is 3.43. The summed E-state index contributed by atoms with van der Waals surface area (Å²) in [6.45, 7) is 5.01. The average Bonchev–Trinajstić information content (AvgIpc) is 2.73. The van der Waals surface area contributed by atoms with Crippen molar-refractivity contribution in [2.45, 2.75) is 18.2 Å². The minimum Gasteiger partial charge on any atom is -0.492 e. The molecule has 1 saturated heterocycles. The molecule has 0 radical (unpaired) electrons. The second-order valence-electron chi connectivity index (χ2n) is 7.18. The van der Waals surface area contributed by atoms with E-state index in [2.05, 4.69) is 26.1 Å². The number of halogens is 1. The molecule has 7 nitrogen and oxygen atoms in total. The van der Waals surface area contributed by atoms with Crippen molar-refractivity contribution in [3.05, 3.63) is 52.5 Å². The maximum absolute atomic E-state index is 12.8. The number of carbonyl (C=O) groups is 1. The van der Waals surface area contributed by atoms with Crippen LogP contribution in [0.4, 0.5) is 5.69 Å². The van der Waals surface area contributed by atoms with E-state index in [1.54, 1.807) is 30.3 Å². The van der Waals surface area contributed by atoms with Crippen molar-refractivity contribution in [3.63, 3.8) is 0 Å². The number of benzene rings is 2. The summed E-state index contributed by atoms with van der Waals surface area (Å²) in [7, 11) is -1.55. The summed E-state index contributed by atoms with van der Waals surface area (Å²) in [6.07, 6.45) is 0.898. The lowest BCUT2D eigenvalue weighted by molar-refractivity contribution is 0.102. The summed E-state index contributed by atoms with van der Waals surface area (Å²) < 4.78 is 33.4. The Labute approximate surface area is 186 Å². The van der Waals surface area contributed by atoms with Crippen LogP contribution in [0.25, 0.3) is 0 Å². The minimum atomic E-state index is -3.53. The van der Waals surface area contributed by atoms with Crippen molar-refractivity contribution in [1.82, 2.24) is 9.21 Å². The fraction of sp³-hybridized carbons (Fsp3) is 0.381. The zero-order chi connectivity index (χ0) is 21.7. The molecule has 1 fully saturated rings. The van der Waals surface area contributed by atoms with Crippen LogP contribution < -0.4 is 10.1 Å². The van der Waals surface area contributed by atoms with Gasteiger partial charge < -0.3 is 15.0 Å². The van der Waals surface area contributed by atoms with Crippen molar-refractivity contribution in [1.29, 1.82) is 0 Å². The van der Waals surface area contributed by atoms with E-state index in [0.717, 1.165) is 6.42 Å². The predicted molar refractivity (Wildman–Crippen MR) is 121 cm³/mol. The summed E-state index contributed by atoms with van der Waals surface area (Å²) in [5.74, 6) is 0.402. The van der Waals surface area contributed by atoms with Crippen molar-refractivity contribution < 1.29 is 17.9 Å². The fourth-order valence-corrected chi connectivity index (χ4v) is 4.98. The number of hydrogen-bond donors (Lipinski definition) is 1. The number of ether oxygens (including phenoxy) is 1. The molecular weight excluding hydrogens is 470 g/mol. The van der Waals surface area contributed by atoms with Gasteiger partial charge in [0, 0.05) is 37.4 Å². The largest absolute Gasteiger partial charge is 0.492 e. The van der Waals surface area contributed by atoms with Crippen molar-refractivity contribution in [2.24, 2.45) is 0 Å². The normalized spacial score (nSPS) is 15.7. The Morgan fingerprint density at radius 1 is 1.10 bits per heavy atom. The van der Waals surface area contributed by atoms with Gasteiger partial charge in [0.05, 0.1) is 16.0 Å². The third-order valence-corrected chi connectivity index (χ3v) is 7.40. The molecule has 9 heteroatoms. The summed E-state index contributed by atoms with van der Waals surface area (Å²) in [4.78, 5) is 14.9. The molecule has 0 bridgehead atoms. The monoisotopic (exact) mass is 495 g/mol. The number of carbonyl (C=O) groups excluding carboxylic acids is 1. The van der Waals surface area contributed by atoms with Gasteiger partial charge >= 0.3 is 0 Å². The first kappa shape index (κ1) is 22.7. The van der Waals surface area contributed by atoms with Crippen LogP contribution in [0.1, 0.15) is 23.7 Å². The van der Waals surface area contributed by atoms with Gasteiger partial charge in [-0.05, 0) is 71.9 Å². The van der Waals surface area contributed by atoms with E-state index in [4.69, 9.17) is 4.74 Å². The highest BCUT2D eigenvalue weighted by atomic mass is 79.9. The number of sulfonamides is 1. The molecule has 0 aromatic heterocycles. The second kappa shape index (κ2) is 9.91. The Hall–Kier alpha value is -1.94. The molecule has 0 aliphatic carbocycles. The first-order chi connectivity index (χ1) is 14.3. The Morgan fingerprint density at radius 3 is 2.37 bits per heavy atom. The molecule has 3 rings (SSSR count). The molecule has 0 spiro atoms. The summed E-state index contributed by atoms with van der Waals surface area (Å²) in [5, 5.41) is 2.80. The van der Waals surface area contributed by atoms with Gasteiger partial charge in [-0.15, -0.1) is 0 Å². The van der Waals surface area contributed by atoms with Gasteiger partial charge in [-0.3, -0.25) is 4.79 Å². The number of rotatable bonds is 7. The number of piperazine rings is 1. The van der Waals surface area contributed by atoms with Crippen LogP contribution in [0.5, 0.6) is 5.75 Å². The van der Waals surface area contributed by atoms with E-state index in [9.17, 15) is 13.2 Å². The van der Waals surface area contributed by atoms with E-state index < -0.39 is 10.0 Å². The topological polar surface area (TPSA) is 78.9 Å². The zero-order valence-electron chi connectivity index (χ0n) is 17.1. The van der Waals surface area contributed by atoms with Gasteiger partial charge in [0.2, 0.25) is 10.0 Å². The molecule has 30 heavy (non-hydrogen) atoms. The molecule has 2 aromatic rings. The molecule has 1 N–H and O–H groups in total. The van der Waals surface area contributed by atoms with Gasteiger partial charge in [0.25, 0.3) is 5.91 Å². The molecule has 2 aromatic carbocycles. The number of nitrogens with zero attached hydrogens (tertiary/aromatic N) is 2. The first-order valence-electron chi connectivity index (χ1n) is 9.83. The van der Waals surface area contributed by atoms with Gasteiger partial charge in [-0.2, -0.15) is 4.31 Å². The summed E-state index contributed by atoms with van der Waals surface area (Å²) in [5.41, 5.74) is 1.000. The third kappa shape index (κ3) is 5.40. The fourth-order valence-electron chi connectivity index (χ4n) is 3.06. The van der Waals surface area contributed by atoms with Crippen molar-refractivity contribution in [2.75, 3.05) is 45.2 Å². The van der Waals surface area contributed by atoms with Crippen LogP contribution in [0.3, 0.4) is 0 Å². The van der Waals surface area contributed by atoms with Crippen LogP contribution in [0.15, 0.2) is 51.8 Å². The molecule has 1 amide bonds. The lowest BCUT2D eigenvalue weighted by Gasteiger charge is -2.31. The molecule has 1 heterocycles. The standard InChI is InChI=1S/C21H26BrN3O4S/c1-3-14-29-20-9-4-16(15-19(20)22)21(26)23-17-5-7-18(8-6-17)30(27,28)25-12-10-24(2)11-13-25/h4-9,15H,3,10-14H2,1-2H3,(H,23,26). The molecule has 1 aliphatic rings. The van der Waals surface area contributed by atoms with E-state index >= 15 is 0 Å². The second-order valence-corrected chi connectivity index (χ2v) is 9.97. The molecule has 1 aliphatic heterocycles. The Bertz CT molecular complexity index is 988. The maximum Gasteiger partial charge on any atom is 0.255 e. The first-order valence-corrected chi connectivity index (χ1v) is 12.1. The van der Waals surface area contributed by atoms with E-state index in [0.29, 0.717) is 54.3 Å². The lowest BCUT2D eigenvalue weighted by Crippen LogP contribution is -2.46. The van der Waals surface area contributed by atoms with Gasteiger partial charge in [-0.1, -0.05) is 6.92 Å². The number of anilines is 1. The van der Waals surface area contributed by atoms with E-state index in [-0.39, 0.29) is 10.8 Å². The quantitative estimate of drug-likeness (QED) is 0.636. The number of nitrogens with one attached hydrogen (secondary N) is 1. The highest BCUT2D eigenvalue weighted by Gasteiger charge is 2.27. The van der Waals surface area contributed by atoms with Gasteiger partial charge in [0.1, 0.15) is 5.75 Å². The summed E-state index contributed by atoms with van der Waals surface area (Å²) in [6, 6.07) is 11.4. The van der Waals surface area contributed by atoms with Crippen LogP contribution >= 0.6 is 15.9 Å². The maximum atomic E-state index is 12.8. The van der Waals surface area contributed by atoms with Crippen molar-refractivity contribution in [3.8, 4) is 5.75 Å². The molecular formula is C21H26BrN3O4S. The third-order valence-electron chi connectivity index (χ3n) is 4.87. The molecule has 0 unspecified atom stereocenters. The van der Waals surface area contributed by atoms with E-state index in [1.807, 2.05) is 14.0 Å². The zero-order valence-corrected chi connectivity index (χ0v) is 19.5. The number of hydrogen-bond acceptors (Lipinski definition) is 5. The van der Waals surface area contributed by atoms with Crippen LogP contribution in [0, 0.1) is 0 Å². The van der Waals surface area contributed by atoms with Crippen LogP contribution in [-0.2, 0) is 10.0 Å². The number of amides is 1. The van der Waals surface area contributed by atoms with Crippen LogP contribution in [0.2, 0.25) is 0 Å². The van der Waals surface area contributed by atoms with Crippen LogP contribution in [-0.4, -0.2) is 63.4 Å². The Kier molecular flexibility index (Phi) is 7.51.